The van der Waals surface area contributed by atoms with Crippen LogP contribution in [0.3, 0.4) is 0 Å². The van der Waals surface area contributed by atoms with Gasteiger partial charge in [-0.05, 0) is 44.3 Å². The van der Waals surface area contributed by atoms with Crippen LogP contribution in [0.1, 0.15) is 28.6 Å². The first-order valence-corrected chi connectivity index (χ1v) is 5.48. The third kappa shape index (κ3) is 4.07. The Kier molecular flexibility index (Phi) is 3.23. The number of aliphatic carboxylic acids is 1. The third-order valence-electron chi connectivity index (χ3n) is 2.68. The number of carboxylic acids is 1. The Hall–Kier alpha value is -1.55. The summed E-state index contributed by atoms with van der Waals surface area (Å²) in [6.07, 6.45) is 0.752. The minimum Gasteiger partial charge on any atom is -0.481 e. The molecular weight excluding hydrogens is 216 g/mol. The molecule has 4 nitrogen and oxygen atoms in total. The predicted molar refractivity (Wildman–Crippen MR) is 68.6 cm³/mol. The van der Waals surface area contributed by atoms with Crippen molar-refractivity contribution >= 4 is 11.7 Å². The molecule has 94 valence electrons. The fourth-order valence-electron chi connectivity index (χ4n) is 1.66. The van der Waals surface area contributed by atoms with Crippen LogP contribution in [0.4, 0.5) is 5.69 Å². The Labute approximate surface area is 104 Å². The quantitative estimate of drug-likeness (QED) is 0.680. The van der Waals surface area contributed by atoms with Gasteiger partial charge in [-0.1, -0.05) is 12.1 Å². The SMILES string of the molecule is [2H]c1cc(CC(N)CC(C)(C)C(=O)O)cc([2H])c1N. The molecule has 1 aromatic carbocycles. The number of rotatable bonds is 5. The number of carbonyl (C=O) groups is 1. The van der Waals surface area contributed by atoms with Gasteiger partial charge < -0.3 is 16.6 Å². The average Bonchev–Trinajstić information content (AvgIpc) is 2.24. The van der Waals surface area contributed by atoms with E-state index >= 15 is 0 Å². The van der Waals surface area contributed by atoms with Gasteiger partial charge in [-0.15, -0.1) is 0 Å². The Morgan fingerprint density at radius 3 is 2.53 bits per heavy atom. The molecule has 0 fully saturated rings. The number of nitrogens with two attached hydrogens (primary N) is 2. The van der Waals surface area contributed by atoms with Gasteiger partial charge in [0.25, 0.3) is 0 Å². The Balaban J connectivity index is 2.78. The molecule has 0 aromatic heterocycles. The molecule has 0 spiro atoms. The van der Waals surface area contributed by atoms with E-state index in [2.05, 4.69) is 0 Å². The topological polar surface area (TPSA) is 89.3 Å². The summed E-state index contributed by atoms with van der Waals surface area (Å²) < 4.78 is 15.2. The maximum Gasteiger partial charge on any atom is 0.309 e. The molecule has 1 atom stereocenters. The van der Waals surface area contributed by atoms with Gasteiger partial charge >= 0.3 is 5.97 Å². The molecule has 0 saturated carbocycles. The van der Waals surface area contributed by atoms with Crippen molar-refractivity contribution in [1.82, 2.24) is 0 Å². The molecule has 4 heteroatoms. The van der Waals surface area contributed by atoms with Gasteiger partial charge in [-0.25, -0.2) is 0 Å². The van der Waals surface area contributed by atoms with Crippen molar-refractivity contribution in [2.24, 2.45) is 11.1 Å². The van der Waals surface area contributed by atoms with E-state index < -0.39 is 11.4 Å². The standard InChI is InChI=1S/C13H20N2O2/c1-13(2,12(16)17)8-11(15)7-9-3-5-10(14)6-4-9/h3-6,11H,7-8,14-15H2,1-2H3,(H,16,17)/i5D,6D. The van der Waals surface area contributed by atoms with Gasteiger partial charge in [0.2, 0.25) is 0 Å². The van der Waals surface area contributed by atoms with Crippen LogP contribution in [0.15, 0.2) is 24.2 Å². The van der Waals surface area contributed by atoms with Crippen LogP contribution >= 0.6 is 0 Å². The number of nitrogen functional groups attached to an aromatic ring is 1. The molecule has 0 amide bonds. The number of anilines is 1. The van der Waals surface area contributed by atoms with Crippen molar-refractivity contribution in [1.29, 1.82) is 0 Å². The molecule has 0 radical (unpaired) electrons. The second-order valence-electron chi connectivity index (χ2n) is 4.92. The monoisotopic (exact) mass is 238 g/mol. The maximum absolute atomic E-state index is 11.0. The number of benzene rings is 1. The molecule has 0 aliphatic rings. The van der Waals surface area contributed by atoms with Gasteiger partial charge in [0.15, 0.2) is 0 Å². The summed E-state index contributed by atoms with van der Waals surface area (Å²) in [6.45, 7) is 3.26. The molecule has 0 aliphatic heterocycles. The molecule has 0 aliphatic carbocycles. The molecule has 1 aromatic rings. The van der Waals surface area contributed by atoms with Crippen LogP contribution in [-0.4, -0.2) is 17.1 Å². The highest BCUT2D eigenvalue weighted by atomic mass is 16.4. The lowest BCUT2D eigenvalue weighted by atomic mass is 9.84. The Bertz CT molecular complexity index is 467. The number of hydrogen-bond donors (Lipinski definition) is 3. The largest absolute Gasteiger partial charge is 0.481 e. The molecule has 1 rings (SSSR count). The fraction of sp³-hybridized carbons (Fsp3) is 0.462. The summed E-state index contributed by atoms with van der Waals surface area (Å²) in [6, 6.07) is 3.01. The number of carboxylic acid groups (broad SMARTS) is 1. The van der Waals surface area contributed by atoms with E-state index in [0.717, 1.165) is 5.56 Å². The highest BCUT2D eigenvalue weighted by molar-refractivity contribution is 5.73. The van der Waals surface area contributed by atoms with Gasteiger partial charge in [0.05, 0.1) is 8.16 Å². The second-order valence-corrected chi connectivity index (χ2v) is 4.92. The first-order chi connectivity index (χ1) is 8.63. The lowest BCUT2D eigenvalue weighted by Gasteiger charge is -2.23. The number of hydrogen-bond acceptors (Lipinski definition) is 3. The zero-order chi connectivity index (χ0) is 14.8. The first-order valence-electron chi connectivity index (χ1n) is 6.48. The lowest BCUT2D eigenvalue weighted by Crippen LogP contribution is -2.34. The maximum atomic E-state index is 11.0. The lowest BCUT2D eigenvalue weighted by molar-refractivity contribution is -0.147. The van der Waals surface area contributed by atoms with Crippen molar-refractivity contribution in [3.63, 3.8) is 0 Å². The summed E-state index contributed by atoms with van der Waals surface area (Å²) in [5, 5.41) is 9.05. The van der Waals surface area contributed by atoms with E-state index in [1.807, 2.05) is 0 Å². The molecular formula is C13H20N2O2. The minimum absolute atomic E-state index is 0.104. The zero-order valence-electron chi connectivity index (χ0n) is 12.2. The van der Waals surface area contributed by atoms with Crippen molar-refractivity contribution in [2.75, 3.05) is 5.73 Å². The molecule has 0 saturated heterocycles. The summed E-state index contributed by atoms with van der Waals surface area (Å²) in [4.78, 5) is 11.0. The van der Waals surface area contributed by atoms with Crippen LogP contribution in [0.25, 0.3) is 0 Å². The van der Waals surface area contributed by atoms with Gasteiger partial charge in [0, 0.05) is 11.7 Å². The molecule has 0 bridgehead atoms. The average molecular weight is 238 g/mol. The second kappa shape index (κ2) is 5.19. The summed E-state index contributed by atoms with van der Waals surface area (Å²) >= 11 is 0. The van der Waals surface area contributed by atoms with Gasteiger partial charge in [0.1, 0.15) is 0 Å². The summed E-state index contributed by atoms with van der Waals surface area (Å²) in [5.41, 5.74) is 11.5. The molecule has 1 unspecified atom stereocenters. The van der Waals surface area contributed by atoms with Crippen LogP contribution in [0.5, 0.6) is 0 Å². The molecule has 5 N–H and O–H groups in total. The van der Waals surface area contributed by atoms with Crippen LogP contribution in [-0.2, 0) is 11.2 Å². The zero-order valence-corrected chi connectivity index (χ0v) is 10.2. The van der Waals surface area contributed by atoms with Crippen LogP contribution < -0.4 is 11.5 Å². The normalized spacial score (nSPS) is 15.0. The predicted octanol–water partition coefficient (Wildman–Crippen LogP) is 1.64. The van der Waals surface area contributed by atoms with Gasteiger partial charge in [-0.2, -0.15) is 0 Å². The van der Waals surface area contributed by atoms with Gasteiger partial charge in [-0.3, -0.25) is 4.79 Å². The van der Waals surface area contributed by atoms with E-state index in [4.69, 9.17) is 19.3 Å². The van der Waals surface area contributed by atoms with Crippen molar-refractivity contribution in [3.8, 4) is 0 Å². The minimum atomic E-state index is -0.888. The molecule has 17 heavy (non-hydrogen) atoms. The van der Waals surface area contributed by atoms with E-state index in [0.29, 0.717) is 12.8 Å². The van der Waals surface area contributed by atoms with Crippen molar-refractivity contribution in [3.05, 3.63) is 29.8 Å². The molecule has 0 heterocycles. The van der Waals surface area contributed by atoms with E-state index in [9.17, 15) is 4.79 Å². The first kappa shape index (κ1) is 10.6. The highest BCUT2D eigenvalue weighted by Crippen LogP contribution is 2.23. The van der Waals surface area contributed by atoms with Crippen LogP contribution in [0, 0.1) is 5.41 Å². The van der Waals surface area contributed by atoms with Crippen molar-refractivity contribution in [2.45, 2.75) is 32.7 Å². The smallest absolute Gasteiger partial charge is 0.309 e. The third-order valence-corrected chi connectivity index (χ3v) is 2.68. The highest BCUT2D eigenvalue weighted by Gasteiger charge is 2.29. The van der Waals surface area contributed by atoms with E-state index in [-0.39, 0.29) is 23.8 Å². The van der Waals surface area contributed by atoms with Crippen LogP contribution in [0.2, 0.25) is 0 Å². The van der Waals surface area contributed by atoms with Crippen molar-refractivity contribution < 1.29 is 12.6 Å². The summed E-state index contributed by atoms with van der Waals surface area (Å²) in [5.74, 6) is -0.886. The fourth-order valence-corrected chi connectivity index (χ4v) is 1.66. The van der Waals surface area contributed by atoms with E-state index in [1.54, 1.807) is 26.0 Å². The summed E-state index contributed by atoms with van der Waals surface area (Å²) in [7, 11) is 0. The van der Waals surface area contributed by atoms with E-state index in [1.165, 1.54) is 0 Å². The Morgan fingerprint density at radius 1 is 1.53 bits per heavy atom. The Morgan fingerprint density at radius 2 is 2.06 bits per heavy atom.